The number of aromatic amines is 1. The van der Waals surface area contributed by atoms with Crippen LogP contribution in [0.3, 0.4) is 0 Å². The van der Waals surface area contributed by atoms with Gasteiger partial charge in [-0.05, 0) is 77.7 Å². The Morgan fingerprint density at radius 2 is 1.66 bits per heavy atom. The van der Waals surface area contributed by atoms with Crippen molar-refractivity contribution in [2.45, 2.75) is 18.9 Å². The van der Waals surface area contributed by atoms with Crippen LogP contribution >= 0.6 is 0 Å². The molecule has 3 N–H and O–H groups in total. The average Bonchev–Trinajstić information content (AvgIpc) is 3.32. The maximum Gasteiger partial charge on any atom is 0.251 e. The molecular formula is C31H24F4N4O2. The number of carbonyl (C=O) groups excluding carboxylic acids is 2. The molecule has 5 aromatic rings. The molecule has 0 radical (unpaired) electrons. The van der Waals surface area contributed by atoms with E-state index < -0.39 is 41.1 Å². The Morgan fingerprint density at radius 3 is 2.41 bits per heavy atom. The third-order valence-corrected chi connectivity index (χ3v) is 6.64. The third kappa shape index (κ3) is 6.27. The predicted octanol–water partition coefficient (Wildman–Crippen LogP) is 5.79. The molecule has 2 heterocycles. The van der Waals surface area contributed by atoms with E-state index in [0.717, 1.165) is 24.3 Å². The summed E-state index contributed by atoms with van der Waals surface area (Å²) in [6.07, 6.45) is 2.91. The van der Waals surface area contributed by atoms with E-state index in [1.165, 1.54) is 37.5 Å². The van der Waals surface area contributed by atoms with Crippen LogP contribution in [0.2, 0.25) is 0 Å². The molecule has 6 nitrogen and oxygen atoms in total. The van der Waals surface area contributed by atoms with Crippen LogP contribution in [0.5, 0.6) is 0 Å². The van der Waals surface area contributed by atoms with E-state index in [-0.39, 0.29) is 24.0 Å². The number of hydrogen-bond donors (Lipinski definition) is 3. The highest BCUT2D eigenvalue weighted by molar-refractivity contribution is 5.95. The van der Waals surface area contributed by atoms with Crippen molar-refractivity contribution < 1.29 is 27.2 Å². The van der Waals surface area contributed by atoms with Crippen LogP contribution in [0.4, 0.5) is 17.6 Å². The molecule has 0 bridgehead atoms. The van der Waals surface area contributed by atoms with E-state index in [1.54, 1.807) is 24.4 Å². The molecule has 2 amide bonds. The Bertz CT molecular complexity index is 1750. The summed E-state index contributed by atoms with van der Waals surface area (Å²) in [7, 11) is 1.42. The summed E-state index contributed by atoms with van der Waals surface area (Å²) in [5.41, 5.74) is 2.57. The van der Waals surface area contributed by atoms with Crippen LogP contribution < -0.4 is 10.6 Å². The number of benzene rings is 3. The average molecular weight is 561 g/mol. The van der Waals surface area contributed by atoms with Gasteiger partial charge in [0.25, 0.3) is 5.91 Å². The van der Waals surface area contributed by atoms with Crippen molar-refractivity contribution in [3.63, 3.8) is 0 Å². The molecule has 10 heteroatoms. The van der Waals surface area contributed by atoms with Gasteiger partial charge in [-0.2, -0.15) is 0 Å². The zero-order valence-corrected chi connectivity index (χ0v) is 21.8. The molecule has 41 heavy (non-hydrogen) atoms. The Hall–Kier alpha value is -4.99. The van der Waals surface area contributed by atoms with E-state index in [4.69, 9.17) is 0 Å². The molecule has 0 fully saturated rings. The monoisotopic (exact) mass is 560 g/mol. The van der Waals surface area contributed by atoms with Crippen molar-refractivity contribution in [1.82, 2.24) is 20.6 Å². The van der Waals surface area contributed by atoms with Crippen molar-refractivity contribution in [2.75, 3.05) is 7.05 Å². The fraction of sp³-hybridized carbons (Fsp3) is 0.129. The van der Waals surface area contributed by atoms with E-state index >= 15 is 0 Å². The SMILES string of the molecule is CNC(=O)c1cc(F)cc(-c2cccnc2C(Cc2cc(F)cc(F)c2)NC(=O)Cc2c[nH]c3ccc(F)cc23)c1. The maximum atomic E-state index is 14.6. The Kier molecular flexibility index (Phi) is 7.82. The van der Waals surface area contributed by atoms with Gasteiger partial charge in [0.1, 0.15) is 23.3 Å². The van der Waals surface area contributed by atoms with Gasteiger partial charge in [-0.1, -0.05) is 6.07 Å². The molecule has 208 valence electrons. The minimum atomic E-state index is -0.909. The normalized spacial score (nSPS) is 11.8. The van der Waals surface area contributed by atoms with Gasteiger partial charge in [0, 0.05) is 47.5 Å². The van der Waals surface area contributed by atoms with Crippen LogP contribution in [0.15, 0.2) is 79.1 Å². The number of nitrogens with zero attached hydrogens (tertiary/aromatic N) is 1. The largest absolute Gasteiger partial charge is 0.361 e. The molecule has 1 unspecified atom stereocenters. The summed E-state index contributed by atoms with van der Waals surface area (Å²) >= 11 is 0. The zero-order chi connectivity index (χ0) is 29.1. The number of fused-ring (bicyclic) bond motifs is 1. The van der Waals surface area contributed by atoms with Crippen LogP contribution in [0.1, 0.15) is 33.2 Å². The number of carbonyl (C=O) groups is 2. The minimum absolute atomic E-state index is 0.0510. The van der Waals surface area contributed by atoms with Crippen LogP contribution in [0, 0.1) is 23.3 Å². The third-order valence-electron chi connectivity index (χ3n) is 6.64. The van der Waals surface area contributed by atoms with Gasteiger partial charge in [0.05, 0.1) is 18.2 Å². The maximum absolute atomic E-state index is 14.6. The van der Waals surface area contributed by atoms with Gasteiger partial charge in [0.15, 0.2) is 0 Å². The summed E-state index contributed by atoms with van der Waals surface area (Å²) in [5.74, 6) is -3.63. The molecule has 2 aromatic heterocycles. The number of H-pyrrole nitrogens is 1. The highest BCUT2D eigenvalue weighted by atomic mass is 19.1. The van der Waals surface area contributed by atoms with Crippen LogP contribution in [-0.2, 0) is 17.6 Å². The van der Waals surface area contributed by atoms with Crippen molar-refractivity contribution in [3.8, 4) is 11.1 Å². The number of amides is 2. The van der Waals surface area contributed by atoms with Gasteiger partial charge in [-0.3, -0.25) is 14.6 Å². The first-order chi connectivity index (χ1) is 19.7. The molecular weight excluding hydrogens is 536 g/mol. The fourth-order valence-electron chi connectivity index (χ4n) is 4.86. The summed E-state index contributed by atoms with van der Waals surface area (Å²) < 4.78 is 56.6. The molecule has 0 aliphatic rings. The quantitative estimate of drug-likeness (QED) is 0.210. The van der Waals surface area contributed by atoms with Crippen LogP contribution in [-0.4, -0.2) is 28.8 Å². The second-order valence-corrected chi connectivity index (χ2v) is 9.53. The first-order valence-electron chi connectivity index (χ1n) is 12.7. The Morgan fingerprint density at radius 1 is 0.902 bits per heavy atom. The smallest absolute Gasteiger partial charge is 0.251 e. The van der Waals surface area contributed by atoms with Gasteiger partial charge < -0.3 is 15.6 Å². The lowest BCUT2D eigenvalue weighted by Crippen LogP contribution is -2.32. The van der Waals surface area contributed by atoms with E-state index in [2.05, 4.69) is 20.6 Å². The Balaban J connectivity index is 1.54. The molecule has 3 aromatic carbocycles. The second-order valence-electron chi connectivity index (χ2n) is 9.53. The molecule has 0 saturated carbocycles. The molecule has 5 rings (SSSR count). The van der Waals surface area contributed by atoms with Crippen molar-refractivity contribution in [3.05, 3.63) is 125 Å². The lowest BCUT2D eigenvalue weighted by atomic mass is 9.94. The summed E-state index contributed by atoms with van der Waals surface area (Å²) in [6, 6.07) is 13.4. The number of rotatable bonds is 8. The highest BCUT2D eigenvalue weighted by Gasteiger charge is 2.23. The molecule has 0 aliphatic carbocycles. The standard InChI is InChI=1S/C31H24F4N4O2/c1-36-31(41)19-10-18(11-24(35)12-19)25-3-2-6-37-30(25)28(9-17-7-22(33)14-23(34)8-17)39-29(40)13-20-16-38-27-5-4-21(32)15-26(20)27/h2-8,10-12,14-16,28,38H,9,13H2,1H3,(H,36,41)(H,39,40). The van der Waals surface area contributed by atoms with E-state index in [9.17, 15) is 27.2 Å². The second kappa shape index (κ2) is 11.6. The van der Waals surface area contributed by atoms with Gasteiger partial charge in [-0.25, -0.2) is 17.6 Å². The molecule has 0 saturated heterocycles. The van der Waals surface area contributed by atoms with Crippen molar-refractivity contribution in [1.29, 1.82) is 0 Å². The Labute approximate surface area is 232 Å². The number of halogens is 4. The topological polar surface area (TPSA) is 86.9 Å². The molecule has 0 spiro atoms. The number of aromatic nitrogens is 2. The highest BCUT2D eigenvalue weighted by Crippen LogP contribution is 2.31. The van der Waals surface area contributed by atoms with Crippen molar-refractivity contribution >= 4 is 22.7 Å². The number of hydrogen-bond acceptors (Lipinski definition) is 3. The van der Waals surface area contributed by atoms with E-state index in [0.29, 0.717) is 33.3 Å². The lowest BCUT2D eigenvalue weighted by molar-refractivity contribution is -0.121. The summed E-state index contributed by atoms with van der Waals surface area (Å²) in [4.78, 5) is 33.0. The zero-order valence-electron chi connectivity index (χ0n) is 21.8. The number of nitrogens with one attached hydrogen (secondary N) is 3. The van der Waals surface area contributed by atoms with E-state index in [1.807, 2.05) is 0 Å². The van der Waals surface area contributed by atoms with Crippen molar-refractivity contribution in [2.24, 2.45) is 0 Å². The summed E-state index contributed by atoms with van der Waals surface area (Å²) in [5, 5.41) is 5.89. The summed E-state index contributed by atoms with van der Waals surface area (Å²) in [6.45, 7) is 0. The van der Waals surface area contributed by atoms with Crippen LogP contribution in [0.25, 0.3) is 22.0 Å². The first-order valence-corrected chi connectivity index (χ1v) is 12.7. The minimum Gasteiger partial charge on any atom is -0.361 e. The predicted molar refractivity (Wildman–Crippen MR) is 146 cm³/mol. The van der Waals surface area contributed by atoms with Gasteiger partial charge in [0.2, 0.25) is 5.91 Å². The van der Waals surface area contributed by atoms with Gasteiger partial charge in [-0.15, -0.1) is 0 Å². The fourth-order valence-corrected chi connectivity index (χ4v) is 4.86. The molecule has 1 atom stereocenters. The lowest BCUT2D eigenvalue weighted by Gasteiger charge is -2.22. The molecule has 0 aliphatic heterocycles. The number of pyridine rings is 1. The van der Waals surface area contributed by atoms with Gasteiger partial charge >= 0.3 is 0 Å². The first kappa shape index (κ1) is 27.6.